The summed E-state index contributed by atoms with van der Waals surface area (Å²) in [6, 6.07) is 18.4. The van der Waals surface area contributed by atoms with Gasteiger partial charge in [-0.25, -0.2) is 4.68 Å². The molecular weight excluding hydrogens is 442 g/mol. The number of para-hydroxylation sites is 1. The molecule has 0 aliphatic rings. The summed E-state index contributed by atoms with van der Waals surface area (Å²) in [5, 5.41) is 7.52. The quantitative estimate of drug-likeness (QED) is 0.410. The van der Waals surface area contributed by atoms with Crippen LogP contribution in [0, 0.1) is 0 Å². The fourth-order valence-electron chi connectivity index (χ4n) is 3.49. The highest BCUT2D eigenvalue weighted by Gasteiger charge is 2.14. The van der Waals surface area contributed by atoms with E-state index in [4.69, 9.17) is 9.84 Å². The van der Waals surface area contributed by atoms with Gasteiger partial charge in [-0.1, -0.05) is 18.2 Å². The van der Waals surface area contributed by atoms with Gasteiger partial charge in [0.2, 0.25) is 5.91 Å². The molecule has 2 aromatic heterocycles. The second-order valence-corrected chi connectivity index (χ2v) is 7.89. The third-order valence-corrected chi connectivity index (χ3v) is 5.22. The number of aromatic nitrogens is 3. The van der Waals surface area contributed by atoms with Crippen LogP contribution in [0.1, 0.15) is 15.9 Å². The lowest BCUT2D eigenvalue weighted by Gasteiger charge is -2.14. The zero-order valence-corrected chi connectivity index (χ0v) is 19.7. The van der Waals surface area contributed by atoms with E-state index in [1.54, 1.807) is 55.4 Å². The highest BCUT2D eigenvalue weighted by atomic mass is 16.5. The zero-order chi connectivity index (χ0) is 24.8. The summed E-state index contributed by atoms with van der Waals surface area (Å²) < 4.78 is 7.11. The molecule has 0 aliphatic heterocycles. The van der Waals surface area contributed by atoms with Gasteiger partial charge in [-0.05, 0) is 48.5 Å². The van der Waals surface area contributed by atoms with Crippen LogP contribution < -0.4 is 10.1 Å². The molecule has 0 fully saturated rings. The number of anilines is 1. The molecule has 8 heteroatoms. The zero-order valence-electron chi connectivity index (χ0n) is 19.7. The lowest BCUT2D eigenvalue weighted by Crippen LogP contribution is -2.22. The molecule has 35 heavy (non-hydrogen) atoms. The number of nitrogens with zero attached hydrogens (tertiary/aromatic N) is 4. The summed E-state index contributed by atoms with van der Waals surface area (Å²) in [6.07, 6.45) is 8.41. The van der Waals surface area contributed by atoms with E-state index in [0.717, 1.165) is 16.8 Å². The lowest BCUT2D eigenvalue weighted by molar-refractivity contribution is -0.111. The standard InChI is InChI=1S/C27H25N5O3/c1-31(2)27(34)19-11-13-24(35-3)23(16-19)29-25(33)14-12-21-18-32(22-9-5-4-6-10-22)30-26(21)20-8-7-15-28-17-20/h4-18H,1-3H3,(H,29,33). The maximum atomic E-state index is 12.8. The van der Waals surface area contributed by atoms with Crippen molar-refractivity contribution in [3.63, 3.8) is 0 Å². The predicted octanol–water partition coefficient (Wildman–Crippen LogP) is 4.30. The number of hydrogen-bond donors (Lipinski definition) is 1. The van der Waals surface area contributed by atoms with Crippen molar-refractivity contribution >= 4 is 23.6 Å². The first-order valence-corrected chi connectivity index (χ1v) is 10.9. The number of nitrogens with one attached hydrogen (secondary N) is 1. The molecule has 176 valence electrons. The molecule has 0 bridgehead atoms. The first-order valence-electron chi connectivity index (χ1n) is 10.9. The van der Waals surface area contributed by atoms with Gasteiger partial charge in [-0.15, -0.1) is 0 Å². The number of carbonyl (C=O) groups is 2. The van der Waals surface area contributed by atoms with Crippen molar-refractivity contribution in [1.82, 2.24) is 19.7 Å². The molecule has 0 saturated carbocycles. The van der Waals surface area contributed by atoms with E-state index in [1.807, 2.05) is 48.7 Å². The molecule has 2 heterocycles. The smallest absolute Gasteiger partial charge is 0.253 e. The SMILES string of the molecule is COc1ccc(C(=O)N(C)C)cc1NC(=O)C=Cc1cn(-c2ccccc2)nc1-c1cccnc1. The number of amides is 2. The van der Waals surface area contributed by atoms with Gasteiger partial charge in [0.25, 0.3) is 5.91 Å². The number of methoxy groups -OCH3 is 1. The van der Waals surface area contributed by atoms with Gasteiger partial charge in [0.1, 0.15) is 11.4 Å². The summed E-state index contributed by atoms with van der Waals surface area (Å²) in [7, 11) is 4.85. The maximum Gasteiger partial charge on any atom is 0.253 e. The molecule has 1 N–H and O–H groups in total. The molecule has 2 amide bonds. The van der Waals surface area contributed by atoms with Crippen LogP contribution in [-0.4, -0.2) is 52.7 Å². The minimum Gasteiger partial charge on any atom is -0.495 e. The van der Waals surface area contributed by atoms with Gasteiger partial charge in [-0.3, -0.25) is 14.6 Å². The monoisotopic (exact) mass is 467 g/mol. The van der Waals surface area contributed by atoms with Crippen LogP contribution in [0.2, 0.25) is 0 Å². The molecule has 2 aromatic carbocycles. The Morgan fingerprint density at radius 2 is 1.86 bits per heavy atom. The first kappa shape index (κ1) is 23.4. The molecule has 0 saturated heterocycles. The molecule has 4 aromatic rings. The Balaban J connectivity index is 1.62. The third-order valence-electron chi connectivity index (χ3n) is 5.22. The molecule has 0 radical (unpaired) electrons. The fourth-order valence-corrected chi connectivity index (χ4v) is 3.49. The van der Waals surface area contributed by atoms with E-state index in [2.05, 4.69) is 10.3 Å². The minimum absolute atomic E-state index is 0.173. The summed E-state index contributed by atoms with van der Waals surface area (Å²) in [4.78, 5) is 30.8. The molecule has 8 nitrogen and oxygen atoms in total. The van der Waals surface area contributed by atoms with E-state index in [0.29, 0.717) is 22.7 Å². The van der Waals surface area contributed by atoms with Crippen molar-refractivity contribution in [2.24, 2.45) is 0 Å². The summed E-state index contributed by atoms with van der Waals surface area (Å²) in [5.74, 6) is -0.0921. The van der Waals surface area contributed by atoms with Crippen LogP contribution in [0.5, 0.6) is 5.75 Å². The predicted molar refractivity (Wildman–Crippen MR) is 135 cm³/mol. The Bertz CT molecular complexity index is 1360. The van der Waals surface area contributed by atoms with Crippen LogP contribution >= 0.6 is 0 Å². The number of rotatable bonds is 7. The fraction of sp³-hybridized carbons (Fsp3) is 0.111. The van der Waals surface area contributed by atoms with Crippen molar-refractivity contribution in [1.29, 1.82) is 0 Å². The highest BCUT2D eigenvalue weighted by Crippen LogP contribution is 2.27. The Hall–Kier alpha value is -4.72. The van der Waals surface area contributed by atoms with Gasteiger partial charge in [-0.2, -0.15) is 5.10 Å². The van der Waals surface area contributed by atoms with E-state index in [-0.39, 0.29) is 11.8 Å². The summed E-state index contributed by atoms with van der Waals surface area (Å²) in [5.41, 5.74) is 4.02. The minimum atomic E-state index is -0.373. The van der Waals surface area contributed by atoms with Crippen LogP contribution in [0.3, 0.4) is 0 Å². The van der Waals surface area contributed by atoms with E-state index >= 15 is 0 Å². The normalized spacial score (nSPS) is 10.8. The van der Waals surface area contributed by atoms with Crippen molar-refractivity contribution < 1.29 is 14.3 Å². The summed E-state index contributed by atoms with van der Waals surface area (Å²) in [6.45, 7) is 0. The topological polar surface area (TPSA) is 89.4 Å². The van der Waals surface area contributed by atoms with Crippen molar-refractivity contribution in [3.8, 4) is 22.7 Å². The highest BCUT2D eigenvalue weighted by molar-refractivity contribution is 6.04. The average Bonchev–Trinajstić information content (AvgIpc) is 3.32. The van der Waals surface area contributed by atoms with Gasteiger partial charge < -0.3 is 15.0 Å². The Labute approximate surface area is 203 Å². The van der Waals surface area contributed by atoms with E-state index in [1.165, 1.54) is 18.1 Å². The van der Waals surface area contributed by atoms with Crippen molar-refractivity contribution in [3.05, 3.63) is 96.5 Å². The second kappa shape index (κ2) is 10.5. The van der Waals surface area contributed by atoms with Crippen LogP contribution in [0.15, 0.2) is 85.3 Å². The van der Waals surface area contributed by atoms with Gasteiger partial charge in [0.15, 0.2) is 0 Å². The van der Waals surface area contributed by atoms with Crippen LogP contribution in [0.25, 0.3) is 23.0 Å². The van der Waals surface area contributed by atoms with E-state index in [9.17, 15) is 9.59 Å². The Morgan fingerprint density at radius 3 is 2.54 bits per heavy atom. The number of hydrogen-bond acceptors (Lipinski definition) is 5. The number of ether oxygens (including phenoxy) is 1. The van der Waals surface area contributed by atoms with Crippen molar-refractivity contribution in [2.45, 2.75) is 0 Å². The molecule has 0 spiro atoms. The summed E-state index contributed by atoms with van der Waals surface area (Å²) >= 11 is 0. The van der Waals surface area contributed by atoms with Gasteiger partial charge in [0, 0.05) is 55.5 Å². The first-order chi connectivity index (χ1) is 17.0. The number of carbonyl (C=O) groups excluding carboxylic acids is 2. The van der Waals surface area contributed by atoms with Crippen LogP contribution in [0.4, 0.5) is 5.69 Å². The van der Waals surface area contributed by atoms with Crippen molar-refractivity contribution in [2.75, 3.05) is 26.5 Å². The Kier molecular flexibility index (Phi) is 7.02. The Morgan fingerprint density at radius 1 is 1.06 bits per heavy atom. The average molecular weight is 468 g/mol. The molecule has 0 unspecified atom stereocenters. The second-order valence-electron chi connectivity index (χ2n) is 7.89. The number of pyridine rings is 1. The third kappa shape index (κ3) is 5.44. The van der Waals surface area contributed by atoms with E-state index < -0.39 is 0 Å². The lowest BCUT2D eigenvalue weighted by atomic mass is 10.1. The molecule has 4 rings (SSSR count). The van der Waals surface area contributed by atoms with Gasteiger partial charge >= 0.3 is 0 Å². The van der Waals surface area contributed by atoms with Gasteiger partial charge in [0.05, 0.1) is 18.5 Å². The molecule has 0 atom stereocenters. The molecular formula is C27H25N5O3. The molecule has 0 aliphatic carbocycles. The van der Waals surface area contributed by atoms with Crippen LogP contribution in [-0.2, 0) is 4.79 Å². The largest absolute Gasteiger partial charge is 0.495 e. The number of benzene rings is 2. The maximum absolute atomic E-state index is 12.8.